The predicted molar refractivity (Wildman–Crippen MR) is 52.1 cm³/mol. The van der Waals surface area contributed by atoms with E-state index in [1.54, 1.807) is 3.58 Å². The molecule has 3 heteroatoms. The van der Waals surface area contributed by atoms with Gasteiger partial charge < -0.3 is 0 Å². The van der Waals surface area contributed by atoms with Crippen molar-refractivity contribution in [1.29, 1.82) is 0 Å². The normalized spacial score (nSPS) is 8.17. The maximum Gasteiger partial charge on any atom is -0.269 e. The maximum atomic E-state index is 2.36. The summed E-state index contributed by atoms with van der Waals surface area (Å²) in [6, 6.07) is 8.99. The van der Waals surface area contributed by atoms with Crippen LogP contribution in [0.15, 0.2) is 24.3 Å². The van der Waals surface area contributed by atoms with E-state index < -0.39 is 0 Å². The number of halogens is 2. The van der Waals surface area contributed by atoms with Crippen molar-refractivity contribution in [2.75, 3.05) is 0 Å². The molecule has 2 radical (unpaired) electrons. The zero-order valence-electron chi connectivity index (χ0n) is 7.33. The molecule has 0 amide bonds. The molecule has 0 N–H and O–H groups in total. The van der Waals surface area contributed by atoms with E-state index in [9.17, 15) is 0 Å². The van der Waals surface area contributed by atoms with Crippen molar-refractivity contribution in [3.63, 3.8) is 0 Å². The van der Waals surface area contributed by atoms with Gasteiger partial charge in [-0.3, -0.25) is 9.41 Å². The van der Waals surface area contributed by atoms with Crippen molar-refractivity contribution in [3.05, 3.63) is 29.8 Å². The Morgan fingerprint density at radius 3 is 2.42 bits per heavy atom. The zero-order chi connectivity index (χ0) is 7.40. The molecule has 0 nitrogen and oxygen atoms in total. The van der Waals surface area contributed by atoms with E-state index in [-0.39, 0.29) is 30.6 Å². The number of hydrogen-bond donors (Lipinski definition) is 0. The molecule has 0 atom stereocenters. The van der Waals surface area contributed by atoms with Gasteiger partial charge >= 0.3 is 72.8 Å². The minimum absolute atomic E-state index is 0. The molecule has 0 aliphatic heterocycles. The largest absolute Gasteiger partial charge is 0.269 e. The summed E-state index contributed by atoms with van der Waals surface area (Å²) in [7, 11) is 0. The number of aryl methyl sites for hydroxylation is 1. The van der Waals surface area contributed by atoms with Crippen LogP contribution in [-0.2, 0) is 6.42 Å². The first-order valence-corrected chi connectivity index (χ1v) is 7.91. The van der Waals surface area contributed by atoms with Crippen LogP contribution in [0, 0.1) is 0 Å². The van der Waals surface area contributed by atoms with Crippen LogP contribution in [-0.4, -0.2) is 21.1 Å². The van der Waals surface area contributed by atoms with Crippen molar-refractivity contribution in [3.8, 4) is 0 Å². The Bertz CT molecular complexity index is 194. The Labute approximate surface area is 82.3 Å². The first-order valence-electron chi connectivity index (χ1n) is 3.63. The molecule has 0 saturated carbocycles. The van der Waals surface area contributed by atoms with Crippen molar-refractivity contribution >= 4 is 24.7 Å². The Morgan fingerprint density at radius 1 is 1.25 bits per heavy atom. The van der Waals surface area contributed by atoms with Gasteiger partial charge in [-0.15, -0.1) is 0 Å². The van der Waals surface area contributed by atoms with E-state index in [4.69, 9.17) is 0 Å². The quantitative estimate of drug-likeness (QED) is 0.726. The van der Waals surface area contributed by atoms with E-state index in [1.807, 2.05) is 0 Å². The molecule has 0 spiro atoms. The third-order valence-corrected chi connectivity index (χ3v) is 4.16. The molecular weight excluding hydrogens is 265 g/mol. The van der Waals surface area contributed by atoms with Gasteiger partial charge in [0, 0.05) is 0 Å². The number of benzene rings is 1. The molecule has 0 unspecified atom stereocenters. The minimum Gasteiger partial charge on any atom is -0.269 e. The molecule has 1 aromatic carbocycles. The third-order valence-electron chi connectivity index (χ3n) is 1.62. The van der Waals surface area contributed by atoms with E-state index in [1.165, 1.54) is 12.0 Å². The van der Waals surface area contributed by atoms with Gasteiger partial charge in [-0.25, -0.2) is 0 Å². The Kier molecular flexibility index (Phi) is 9.03. The minimum atomic E-state index is -0.183. The molecule has 0 heterocycles. The van der Waals surface area contributed by atoms with Crippen LogP contribution in [0.5, 0.6) is 0 Å². The second-order valence-corrected chi connectivity index (χ2v) is 5.38. The first kappa shape index (κ1) is 14.4. The summed E-state index contributed by atoms with van der Waals surface area (Å²) >= 11 is -0.183. The van der Waals surface area contributed by atoms with Crippen molar-refractivity contribution < 1.29 is 9.41 Å². The maximum absolute atomic E-state index is 2.36. The fourth-order valence-corrected chi connectivity index (χ4v) is 2.64. The molecule has 0 aliphatic carbocycles. The Hall–Kier alpha value is -0.121. The fourth-order valence-electron chi connectivity index (χ4n) is 0.947. The summed E-state index contributed by atoms with van der Waals surface area (Å²) in [4.78, 5) is 2.36. The van der Waals surface area contributed by atoms with Crippen LogP contribution in [0.3, 0.4) is 0 Å². The summed E-state index contributed by atoms with van der Waals surface area (Å²) in [5, 5.41) is 0. The SMILES string of the molecule is CCc1ccc[c]([Sn][CH3])c1.F.F. The third kappa shape index (κ3) is 4.04. The zero-order valence-corrected chi connectivity index (χ0v) is 10.2. The van der Waals surface area contributed by atoms with Crippen LogP contribution >= 0.6 is 0 Å². The van der Waals surface area contributed by atoms with Gasteiger partial charge in [0.05, 0.1) is 0 Å². The van der Waals surface area contributed by atoms with Gasteiger partial charge in [-0.1, -0.05) is 0 Å². The molecule has 0 aliphatic rings. The molecule has 0 bridgehead atoms. The number of hydrogen-bond acceptors (Lipinski definition) is 0. The van der Waals surface area contributed by atoms with Gasteiger partial charge in [-0.2, -0.15) is 0 Å². The van der Waals surface area contributed by atoms with E-state index >= 15 is 0 Å². The fraction of sp³-hybridized carbons (Fsp3) is 0.333. The molecule has 0 aromatic heterocycles. The molecular formula is C9H14F2Sn. The van der Waals surface area contributed by atoms with Crippen LogP contribution < -0.4 is 3.58 Å². The molecule has 1 aromatic rings. The van der Waals surface area contributed by atoms with Crippen LogP contribution in [0.2, 0.25) is 4.94 Å². The Morgan fingerprint density at radius 2 is 1.92 bits per heavy atom. The first-order chi connectivity index (χ1) is 4.86. The summed E-state index contributed by atoms with van der Waals surface area (Å²) in [6.07, 6.45) is 1.17. The standard InChI is InChI=1S/C8H9.CH3.2FH.Sn/c1-2-8-6-4-3-5-7-8;;;;/h3-4,6-7H,2H2,1H3;1H3;2*1H;. The summed E-state index contributed by atoms with van der Waals surface area (Å²) in [5.74, 6) is 0. The van der Waals surface area contributed by atoms with Crippen LogP contribution in [0.25, 0.3) is 0 Å². The van der Waals surface area contributed by atoms with Crippen molar-refractivity contribution in [1.82, 2.24) is 0 Å². The second-order valence-electron chi connectivity index (χ2n) is 2.30. The summed E-state index contributed by atoms with van der Waals surface area (Å²) in [5.41, 5.74) is 1.49. The van der Waals surface area contributed by atoms with E-state index in [0.717, 1.165) is 0 Å². The second kappa shape index (κ2) is 7.52. The number of rotatable bonds is 2. The van der Waals surface area contributed by atoms with Crippen LogP contribution in [0.1, 0.15) is 12.5 Å². The summed E-state index contributed by atoms with van der Waals surface area (Å²) < 4.78 is 1.61. The van der Waals surface area contributed by atoms with Gasteiger partial charge in [-0.05, 0) is 0 Å². The van der Waals surface area contributed by atoms with Gasteiger partial charge in [0.15, 0.2) is 0 Å². The van der Waals surface area contributed by atoms with Gasteiger partial charge in [0.1, 0.15) is 0 Å². The van der Waals surface area contributed by atoms with Gasteiger partial charge in [0.2, 0.25) is 0 Å². The van der Waals surface area contributed by atoms with Crippen molar-refractivity contribution in [2.45, 2.75) is 18.3 Å². The van der Waals surface area contributed by atoms with E-state index in [2.05, 4.69) is 36.1 Å². The van der Waals surface area contributed by atoms with E-state index in [0.29, 0.717) is 0 Å². The molecule has 0 fully saturated rings. The van der Waals surface area contributed by atoms with Gasteiger partial charge in [0.25, 0.3) is 0 Å². The monoisotopic (exact) mass is 280 g/mol. The van der Waals surface area contributed by atoms with Crippen molar-refractivity contribution in [2.24, 2.45) is 0 Å². The topological polar surface area (TPSA) is 0 Å². The molecule has 12 heavy (non-hydrogen) atoms. The predicted octanol–water partition coefficient (Wildman–Crippen LogP) is 1.93. The molecule has 1 rings (SSSR count). The smallest absolute Gasteiger partial charge is 0.269 e. The Balaban J connectivity index is 0. The van der Waals surface area contributed by atoms with Crippen LogP contribution in [0.4, 0.5) is 9.41 Å². The molecule has 0 saturated heterocycles. The molecule has 68 valence electrons. The summed E-state index contributed by atoms with van der Waals surface area (Å²) in [6.45, 7) is 2.21. The average Bonchev–Trinajstić information content (AvgIpc) is 2.05. The average molecular weight is 279 g/mol.